The van der Waals surface area contributed by atoms with Gasteiger partial charge in [-0.3, -0.25) is 9.58 Å². The van der Waals surface area contributed by atoms with Crippen molar-refractivity contribution in [3.8, 4) is 0 Å². The third-order valence-corrected chi connectivity index (χ3v) is 6.12. The Balaban J connectivity index is 2.20. The summed E-state index contributed by atoms with van der Waals surface area (Å²) in [6.45, 7) is 4.72. The summed E-state index contributed by atoms with van der Waals surface area (Å²) in [7, 11) is 1.52. The Labute approximate surface area is 148 Å². The van der Waals surface area contributed by atoms with Gasteiger partial charge in [0.2, 0.25) is 10.0 Å². The molecule has 0 saturated carbocycles. The molecule has 0 bridgehead atoms. The Morgan fingerprint density at radius 2 is 1.71 bits per heavy atom. The molecule has 1 aromatic carbocycles. The number of halogens is 1. The Kier molecular flexibility index (Phi) is 5.70. The molecule has 0 spiro atoms. The molecule has 0 unspecified atom stereocenters. The van der Waals surface area contributed by atoms with Crippen molar-refractivity contribution in [3.63, 3.8) is 0 Å². The van der Waals surface area contributed by atoms with Crippen LogP contribution < -0.4 is 0 Å². The Bertz CT molecular complexity index is 813. The van der Waals surface area contributed by atoms with Crippen LogP contribution in [0.1, 0.15) is 17.0 Å². The summed E-state index contributed by atoms with van der Waals surface area (Å²) in [5.41, 5.74) is 2.29. The van der Waals surface area contributed by atoms with Crippen molar-refractivity contribution in [3.05, 3.63) is 46.2 Å². The summed E-state index contributed by atoms with van der Waals surface area (Å²) < 4.78 is 27.8. The molecule has 2 rings (SSSR count). The zero-order valence-electron chi connectivity index (χ0n) is 14.6. The molecule has 0 amide bonds. The van der Waals surface area contributed by atoms with Crippen molar-refractivity contribution >= 4 is 21.6 Å². The van der Waals surface area contributed by atoms with Crippen molar-refractivity contribution in [1.29, 1.82) is 0 Å². The minimum atomic E-state index is -3.50. The van der Waals surface area contributed by atoms with Gasteiger partial charge in [-0.05, 0) is 38.6 Å². The average Bonchev–Trinajstić information content (AvgIpc) is 2.76. The Morgan fingerprint density at radius 1 is 1.12 bits per heavy atom. The summed E-state index contributed by atoms with van der Waals surface area (Å²) in [4.78, 5) is 2.35. The quantitative estimate of drug-likeness (QED) is 0.783. The first kappa shape index (κ1) is 18.9. The molecule has 0 N–H and O–H groups in total. The van der Waals surface area contributed by atoms with Crippen LogP contribution in [0, 0.1) is 13.8 Å². The molecule has 1 heterocycles. The summed E-state index contributed by atoms with van der Waals surface area (Å²) in [6.07, 6.45) is 0. The van der Waals surface area contributed by atoms with E-state index < -0.39 is 10.0 Å². The molecule has 0 aliphatic rings. The Hall–Kier alpha value is -1.41. The minimum Gasteiger partial charge on any atom is -0.283 e. The number of aryl methyl sites for hydroxylation is 1. The van der Waals surface area contributed by atoms with E-state index in [1.165, 1.54) is 18.4 Å². The molecule has 0 aliphatic carbocycles. The van der Waals surface area contributed by atoms with Crippen LogP contribution in [-0.4, -0.2) is 48.5 Å². The van der Waals surface area contributed by atoms with E-state index in [1.54, 1.807) is 18.5 Å². The van der Waals surface area contributed by atoms with Gasteiger partial charge in [-0.2, -0.15) is 5.10 Å². The number of sulfonamides is 1. The lowest BCUT2D eigenvalue weighted by Gasteiger charge is -2.18. The second kappa shape index (κ2) is 7.23. The average molecular weight is 371 g/mol. The lowest BCUT2D eigenvalue weighted by molar-refractivity contribution is 0.243. The number of benzene rings is 1. The first-order valence-corrected chi connectivity index (χ1v) is 9.34. The van der Waals surface area contributed by atoms with Gasteiger partial charge >= 0.3 is 0 Å². The number of nitrogens with zero attached hydrogens (tertiary/aromatic N) is 4. The third kappa shape index (κ3) is 3.97. The van der Waals surface area contributed by atoms with Gasteiger partial charge < -0.3 is 0 Å². The standard InChI is InChI=1S/C16H23ClN4O2S/c1-12-16(24(22,23)19(3)4)13(2)21(18-12)11-20(5)10-14-6-8-15(17)9-7-14/h6-9H,10-11H2,1-5H3. The number of hydrogen-bond donors (Lipinski definition) is 0. The van der Waals surface area contributed by atoms with Crippen LogP contribution in [0.3, 0.4) is 0 Å². The van der Waals surface area contributed by atoms with E-state index in [4.69, 9.17) is 11.6 Å². The number of aromatic nitrogens is 2. The van der Waals surface area contributed by atoms with E-state index in [1.807, 2.05) is 31.3 Å². The highest BCUT2D eigenvalue weighted by molar-refractivity contribution is 7.89. The fourth-order valence-corrected chi connectivity index (χ4v) is 3.94. The van der Waals surface area contributed by atoms with E-state index in [2.05, 4.69) is 10.00 Å². The fraction of sp³-hybridized carbons (Fsp3) is 0.438. The molecule has 0 atom stereocenters. The zero-order chi connectivity index (χ0) is 18.1. The summed E-state index contributed by atoms with van der Waals surface area (Å²) in [6, 6.07) is 7.66. The maximum Gasteiger partial charge on any atom is 0.246 e. The van der Waals surface area contributed by atoms with E-state index in [9.17, 15) is 8.42 Å². The van der Waals surface area contributed by atoms with Gasteiger partial charge in [-0.15, -0.1) is 0 Å². The van der Waals surface area contributed by atoms with Crippen molar-refractivity contribution < 1.29 is 8.42 Å². The molecule has 8 heteroatoms. The minimum absolute atomic E-state index is 0.285. The van der Waals surface area contributed by atoms with Crippen LogP contribution in [0.15, 0.2) is 29.2 Å². The predicted molar refractivity (Wildman–Crippen MR) is 95.5 cm³/mol. The lowest BCUT2D eigenvalue weighted by Crippen LogP contribution is -2.25. The highest BCUT2D eigenvalue weighted by Crippen LogP contribution is 2.22. The highest BCUT2D eigenvalue weighted by atomic mass is 35.5. The van der Waals surface area contributed by atoms with E-state index in [-0.39, 0.29) is 4.90 Å². The SMILES string of the molecule is Cc1nn(CN(C)Cc2ccc(Cl)cc2)c(C)c1S(=O)(=O)N(C)C. The number of hydrogen-bond acceptors (Lipinski definition) is 4. The van der Waals surface area contributed by atoms with Gasteiger partial charge in [0, 0.05) is 25.7 Å². The molecule has 0 fully saturated rings. The third-order valence-electron chi connectivity index (χ3n) is 3.79. The molecule has 2 aromatic rings. The summed E-state index contributed by atoms with van der Waals surface area (Å²) >= 11 is 5.90. The second-order valence-corrected chi connectivity index (χ2v) is 8.59. The molecule has 0 saturated heterocycles. The van der Waals surface area contributed by atoms with E-state index >= 15 is 0 Å². The van der Waals surface area contributed by atoms with Crippen molar-refractivity contribution in [2.24, 2.45) is 0 Å². The van der Waals surface area contributed by atoms with Crippen molar-refractivity contribution in [1.82, 2.24) is 19.0 Å². The van der Waals surface area contributed by atoms with Crippen LogP contribution in [0.5, 0.6) is 0 Å². The van der Waals surface area contributed by atoms with E-state index in [0.717, 1.165) is 5.56 Å². The maximum atomic E-state index is 12.4. The molecular formula is C16H23ClN4O2S. The monoisotopic (exact) mass is 370 g/mol. The predicted octanol–water partition coefficient (Wildman–Crippen LogP) is 2.49. The zero-order valence-corrected chi connectivity index (χ0v) is 16.2. The topological polar surface area (TPSA) is 58.4 Å². The van der Waals surface area contributed by atoms with E-state index in [0.29, 0.717) is 29.6 Å². The molecule has 24 heavy (non-hydrogen) atoms. The highest BCUT2D eigenvalue weighted by Gasteiger charge is 2.26. The molecule has 6 nitrogen and oxygen atoms in total. The van der Waals surface area contributed by atoms with Crippen LogP contribution >= 0.6 is 11.6 Å². The fourth-order valence-electron chi connectivity index (χ4n) is 2.55. The Morgan fingerprint density at radius 3 is 2.25 bits per heavy atom. The van der Waals surface area contributed by atoms with Gasteiger partial charge in [0.1, 0.15) is 4.90 Å². The van der Waals surface area contributed by atoms with Gasteiger partial charge in [-0.25, -0.2) is 12.7 Å². The largest absolute Gasteiger partial charge is 0.283 e. The van der Waals surface area contributed by atoms with Gasteiger partial charge in [0.25, 0.3) is 0 Å². The van der Waals surface area contributed by atoms with Crippen LogP contribution in [0.2, 0.25) is 5.02 Å². The van der Waals surface area contributed by atoms with Crippen molar-refractivity contribution in [2.45, 2.75) is 32.0 Å². The molecule has 0 radical (unpaired) electrons. The molecule has 0 aliphatic heterocycles. The molecule has 132 valence electrons. The molecular weight excluding hydrogens is 348 g/mol. The normalized spacial score (nSPS) is 12.3. The van der Waals surface area contributed by atoms with Crippen molar-refractivity contribution in [2.75, 3.05) is 21.1 Å². The second-order valence-electron chi connectivity index (χ2n) is 6.07. The van der Waals surface area contributed by atoms with Gasteiger partial charge in [0.15, 0.2) is 0 Å². The smallest absolute Gasteiger partial charge is 0.246 e. The van der Waals surface area contributed by atoms with Crippen LogP contribution in [-0.2, 0) is 23.2 Å². The molecule has 1 aromatic heterocycles. The lowest BCUT2D eigenvalue weighted by atomic mass is 10.2. The first-order valence-electron chi connectivity index (χ1n) is 7.52. The summed E-state index contributed by atoms with van der Waals surface area (Å²) in [5.74, 6) is 0. The van der Waals surface area contributed by atoms with Gasteiger partial charge in [0.05, 0.1) is 18.1 Å². The van der Waals surface area contributed by atoms with Crippen LogP contribution in [0.4, 0.5) is 0 Å². The number of rotatable bonds is 6. The summed E-state index contributed by atoms with van der Waals surface area (Å²) in [5, 5.41) is 5.11. The first-order chi connectivity index (χ1) is 11.1. The van der Waals surface area contributed by atoms with Crippen LogP contribution in [0.25, 0.3) is 0 Å². The van der Waals surface area contributed by atoms with Gasteiger partial charge in [-0.1, -0.05) is 23.7 Å². The maximum absolute atomic E-state index is 12.4.